The Balaban J connectivity index is 1.33. The first-order valence-corrected chi connectivity index (χ1v) is 9.21. The van der Waals surface area contributed by atoms with E-state index in [0.717, 1.165) is 33.8 Å². The monoisotopic (exact) mass is 381 g/mol. The number of ether oxygens (including phenoxy) is 2. The van der Waals surface area contributed by atoms with Crippen LogP contribution in [0.3, 0.4) is 0 Å². The topological polar surface area (TPSA) is 72.4 Å². The molecule has 4 rings (SSSR count). The lowest BCUT2D eigenvalue weighted by molar-refractivity contribution is 0.0672. The number of rotatable bonds is 4. The fraction of sp³-hybridized carbons (Fsp3) is 0.333. The van der Waals surface area contributed by atoms with Gasteiger partial charge in [0.05, 0.1) is 12.3 Å². The minimum atomic E-state index is -0.185. The van der Waals surface area contributed by atoms with Gasteiger partial charge in [-0.2, -0.15) is 0 Å². The highest BCUT2D eigenvalue weighted by Crippen LogP contribution is 2.33. The molecular weight excluding hydrogens is 358 g/mol. The second-order valence-electron chi connectivity index (χ2n) is 7.17. The fourth-order valence-corrected chi connectivity index (χ4v) is 3.33. The van der Waals surface area contributed by atoms with Gasteiger partial charge >= 0.3 is 6.03 Å². The predicted octanol–water partition coefficient (Wildman–Crippen LogP) is 3.69. The summed E-state index contributed by atoms with van der Waals surface area (Å²) in [5.74, 6) is 1.45. The summed E-state index contributed by atoms with van der Waals surface area (Å²) in [5.41, 5.74) is 4.79. The zero-order valence-corrected chi connectivity index (χ0v) is 16.2. The normalized spacial score (nSPS) is 17.1. The SMILES string of the molecule is Cc1ccc(NC(=O)N(C)CC2CC(c3ccc4c(c3)OCO4)=NO2)c(C)c1. The summed E-state index contributed by atoms with van der Waals surface area (Å²) in [6, 6.07) is 11.5. The van der Waals surface area contributed by atoms with E-state index in [1.807, 2.05) is 50.2 Å². The van der Waals surface area contributed by atoms with Gasteiger partial charge in [-0.1, -0.05) is 22.9 Å². The molecule has 1 atom stereocenters. The molecule has 146 valence electrons. The number of carbonyl (C=O) groups is 1. The molecule has 2 heterocycles. The number of anilines is 1. The zero-order valence-electron chi connectivity index (χ0n) is 16.2. The maximum atomic E-state index is 12.5. The number of urea groups is 1. The number of amides is 2. The average molecular weight is 381 g/mol. The van der Waals surface area contributed by atoms with Gasteiger partial charge in [0.25, 0.3) is 0 Å². The van der Waals surface area contributed by atoms with Crippen molar-refractivity contribution in [2.24, 2.45) is 5.16 Å². The van der Waals surface area contributed by atoms with Gasteiger partial charge in [0.2, 0.25) is 6.79 Å². The van der Waals surface area contributed by atoms with Crippen molar-refractivity contribution in [3.8, 4) is 11.5 Å². The molecule has 2 aromatic rings. The number of carbonyl (C=O) groups excluding carboxylic acids is 1. The Morgan fingerprint density at radius 3 is 2.82 bits per heavy atom. The first-order valence-electron chi connectivity index (χ1n) is 9.21. The summed E-state index contributed by atoms with van der Waals surface area (Å²) in [5, 5.41) is 7.14. The molecule has 0 saturated carbocycles. The van der Waals surface area contributed by atoms with Crippen molar-refractivity contribution in [2.45, 2.75) is 26.4 Å². The Labute approximate surface area is 163 Å². The number of hydrogen-bond acceptors (Lipinski definition) is 5. The van der Waals surface area contributed by atoms with Gasteiger partial charge < -0.3 is 24.5 Å². The van der Waals surface area contributed by atoms with Crippen LogP contribution in [-0.4, -0.2) is 43.1 Å². The molecule has 2 aromatic carbocycles. The Bertz CT molecular complexity index is 941. The Hall–Kier alpha value is -3.22. The van der Waals surface area contributed by atoms with E-state index >= 15 is 0 Å². The minimum absolute atomic E-state index is 0.174. The first-order chi connectivity index (χ1) is 13.5. The highest BCUT2D eigenvalue weighted by molar-refractivity contribution is 6.01. The van der Waals surface area contributed by atoms with E-state index in [1.54, 1.807) is 11.9 Å². The van der Waals surface area contributed by atoms with Gasteiger partial charge in [0, 0.05) is 24.7 Å². The van der Waals surface area contributed by atoms with Crippen molar-refractivity contribution < 1.29 is 19.1 Å². The third-order valence-electron chi connectivity index (χ3n) is 4.89. The Morgan fingerprint density at radius 1 is 1.18 bits per heavy atom. The number of hydrogen-bond donors (Lipinski definition) is 1. The Morgan fingerprint density at radius 2 is 2.00 bits per heavy atom. The van der Waals surface area contributed by atoms with Crippen LogP contribution in [0.2, 0.25) is 0 Å². The quantitative estimate of drug-likeness (QED) is 0.877. The van der Waals surface area contributed by atoms with Crippen molar-refractivity contribution in [2.75, 3.05) is 25.7 Å². The van der Waals surface area contributed by atoms with E-state index in [0.29, 0.717) is 18.7 Å². The lowest BCUT2D eigenvalue weighted by Gasteiger charge is -2.21. The highest BCUT2D eigenvalue weighted by atomic mass is 16.7. The van der Waals surface area contributed by atoms with E-state index in [9.17, 15) is 4.79 Å². The molecule has 0 aliphatic carbocycles. The number of benzene rings is 2. The van der Waals surface area contributed by atoms with Crippen LogP contribution in [0.25, 0.3) is 0 Å². The van der Waals surface area contributed by atoms with Crippen LogP contribution >= 0.6 is 0 Å². The van der Waals surface area contributed by atoms with Crippen molar-refractivity contribution in [3.63, 3.8) is 0 Å². The molecular formula is C21H23N3O4. The molecule has 0 bridgehead atoms. The number of oxime groups is 1. The second-order valence-corrected chi connectivity index (χ2v) is 7.17. The van der Waals surface area contributed by atoms with Gasteiger partial charge in [0.1, 0.15) is 0 Å². The van der Waals surface area contributed by atoms with E-state index in [2.05, 4.69) is 10.5 Å². The van der Waals surface area contributed by atoms with Crippen LogP contribution in [0.4, 0.5) is 10.5 Å². The molecule has 0 radical (unpaired) electrons. The van der Waals surface area contributed by atoms with Gasteiger partial charge in [-0.3, -0.25) is 0 Å². The van der Waals surface area contributed by atoms with E-state index in [-0.39, 0.29) is 18.9 Å². The fourth-order valence-electron chi connectivity index (χ4n) is 3.33. The molecule has 0 aromatic heterocycles. The third kappa shape index (κ3) is 3.74. The van der Waals surface area contributed by atoms with Crippen LogP contribution in [-0.2, 0) is 4.84 Å². The smallest absolute Gasteiger partial charge is 0.321 e. The summed E-state index contributed by atoms with van der Waals surface area (Å²) in [6.07, 6.45) is 0.441. The molecule has 7 heteroatoms. The van der Waals surface area contributed by atoms with E-state index < -0.39 is 0 Å². The number of aryl methyl sites for hydroxylation is 2. The number of fused-ring (bicyclic) bond motifs is 1. The molecule has 1 N–H and O–H groups in total. The van der Waals surface area contributed by atoms with Crippen LogP contribution in [0, 0.1) is 13.8 Å². The van der Waals surface area contributed by atoms with Crippen LogP contribution in [0.1, 0.15) is 23.1 Å². The molecule has 1 unspecified atom stereocenters. The van der Waals surface area contributed by atoms with Gasteiger partial charge in [-0.15, -0.1) is 0 Å². The molecule has 7 nitrogen and oxygen atoms in total. The summed E-state index contributed by atoms with van der Waals surface area (Å²) in [6.45, 7) is 4.69. The minimum Gasteiger partial charge on any atom is -0.454 e. The van der Waals surface area contributed by atoms with Crippen molar-refractivity contribution >= 4 is 17.4 Å². The number of nitrogens with zero attached hydrogens (tertiary/aromatic N) is 2. The lowest BCUT2D eigenvalue weighted by atomic mass is 10.0. The first kappa shape index (κ1) is 18.2. The predicted molar refractivity (Wildman–Crippen MR) is 106 cm³/mol. The highest BCUT2D eigenvalue weighted by Gasteiger charge is 2.26. The van der Waals surface area contributed by atoms with Crippen molar-refractivity contribution in [1.82, 2.24) is 4.90 Å². The van der Waals surface area contributed by atoms with Crippen LogP contribution < -0.4 is 14.8 Å². The summed E-state index contributed by atoms with van der Waals surface area (Å²) in [7, 11) is 1.75. The Kier molecular flexibility index (Phi) is 4.81. The number of likely N-dealkylation sites (N-methyl/N-ethyl adjacent to an activating group) is 1. The zero-order chi connectivity index (χ0) is 19.7. The number of nitrogens with one attached hydrogen (secondary N) is 1. The molecule has 28 heavy (non-hydrogen) atoms. The van der Waals surface area contributed by atoms with Crippen molar-refractivity contribution in [1.29, 1.82) is 0 Å². The van der Waals surface area contributed by atoms with E-state index in [1.165, 1.54) is 0 Å². The maximum absolute atomic E-state index is 12.5. The summed E-state index contributed by atoms with van der Waals surface area (Å²) >= 11 is 0. The van der Waals surface area contributed by atoms with Crippen LogP contribution in [0.15, 0.2) is 41.6 Å². The van der Waals surface area contributed by atoms with Crippen molar-refractivity contribution in [3.05, 3.63) is 53.1 Å². The second kappa shape index (κ2) is 7.42. The molecule has 0 spiro atoms. The molecule has 0 saturated heterocycles. The average Bonchev–Trinajstić information content (AvgIpc) is 3.32. The van der Waals surface area contributed by atoms with Gasteiger partial charge in [0.15, 0.2) is 17.6 Å². The standard InChI is InChI=1S/C21H23N3O4/c1-13-4-6-17(14(2)8-13)22-21(25)24(3)11-16-10-18(23-28-16)15-5-7-19-20(9-15)27-12-26-19/h4-9,16H,10-12H2,1-3H3,(H,22,25). The molecule has 2 aliphatic rings. The van der Waals surface area contributed by atoms with Gasteiger partial charge in [-0.25, -0.2) is 4.79 Å². The van der Waals surface area contributed by atoms with E-state index in [4.69, 9.17) is 14.3 Å². The third-order valence-corrected chi connectivity index (χ3v) is 4.89. The van der Waals surface area contributed by atoms with Crippen LogP contribution in [0.5, 0.6) is 11.5 Å². The molecule has 2 aliphatic heterocycles. The molecule has 0 fully saturated rings. The largest absolute Gasteiger partial charge is 0.454 e. The van der Waals surface area contributed by atoms with Gasteiger partial charge in [-0.05, 0) is 43.7 Å². The lowest BCUT2D eigenvalue weighted by Crippen LogP contribution is -2.37. The molecule has 2 amide bonds. The maximum Gasteiger partial charge on any atom is 0.321 e. The summed E-state index contributed by atoms with van der Waals surface area (Å²) in [4.78, 5) is 19.7. The summed E-state index contributed by atoms with van der Waals surface area (Å²) < 4.78 is 10.8.